The van der Waals surface area contributed by atoms with Crippen LogP contribution in [0, 0.1) is 11.3 Å². The van der Waals surface area contributed by atoms with Gasteiger partial charge in [0.2, 0.25) is 0 Å². The van der Waals surface area contributed by atoms with Crippen molar-refractivity contribution < 1.29 is 22.7 Å². The van der Waals surface area contributed by atoms with Gasteiger partial charge in [0.05, 0.1) is 22.9 Å². The van der Waals surface area contributed by atoms with Crippen LogP contribution in [0.15, 0.2) is 66.7 Å². The van der Waals surface area contributed by atoms with Gasteiger partial charge in [-0.2, -0.15) is 18.4 Å². The van der Waals surface area contributed by atoms with Crippen molar-refractivity contribution in [1.82, 2.24) is 0 Å². The Hall–Kier alpha value is -3.50. The van der Waals surface area contributed by atoms with Crippen LogP contribution in [0.25, 0.3) is 11.1 Å². The highest BCUT2D eigenvalue weighted by Gasteiger charge is 2.34. The maximum absolute atomic E-state index is 13.1. The molecule has 0 aliphatic heterocycles. The summed E-state index contributed by atoms with van der Waals surface area (Å²) in [6, 6.07) is 19.0. The van der Waals surface area contributed by atoms with Crippen LogP contribution in [0.3, 0.4) is 0 Å². The lowest BCUT2D eigenvalue weighted by Crippen LogP contribution is -2.22. The fourth-order valence-corrected chi connectivity index (χ4v) is 2.85. The first-order valence-electron chi connectivity index (χ1n) is 8.66. The minimum Gasteiger partial charge on any atom is -0.484 e. The van der Waals surface area contributed by atoms with Gasteiger partial charge >= 0.3 is 6.18 Å². The molecule has 152 valence electrons. The van der Waals surface area contributed by atoms with Gasteiger partial charge in [0.1, 0.15) is 5.75 Å². The maximum Gasteiger partial charge on any atom is 0.418 e. The second-order valence-corrected chi connectivity index (χ2v) is 6.67. The Morgan fingerprint density at radius 3 is 2.17 bits per heavy atom. The molecule has 3 aromatic rings. The number of nitriles is 1. The molecule has 0 unspecified atom stereocenters. The standard InChI is InChI=1S/C22H14ClF3N2O2/c23-17-7-10-20(19(11-17)22(24,25)26)28-21(29)13-30-18-8-5-16(6-9-18)15-3-1-14(12-27)2-4-15/h1-11H,13H2,(H,28,29). The molecule has 1 amide bonds. The summed E-state index contributed by atoms with van der Waals surface area (Å²) in [5.74, 6) is -0.353. The highest BCUT2D eigenvalue weighted by Crippen LogP contribution is 2.36. The summed E-state index contributed by atoms with van der Waals surface area (Å²) in [6.45, 7) is -0.462. The number of carbonyl (C=O) groups excluding carboxylic acids is 1. The topological polar surface area (TPSA) is 62.1 Å². The van der Waals surface area contributed by atoms with Crippen LogP contribution in [-0.2, 0) is 11.0 Å². The number of hydrogen-bond donors (Lipinski definition) is 1. The molecule has 0 fully saturated rings. The number of ether oxygens (including phenoxy) is 1. The average molecular weight is 431 g/mol. The van der Waals surface area contributed by atoms with E-state index in [1.807, 2.05) is 18.2 Å². The summed E-state index contributed by atoms with van der Waals surface area (Å²) in [6.07, 6.45) is -4.66. The third-order valence-corrected chi connectivity index (χ3v) is 4.37. The molecule has 0 spiro atoms. The SMILES string of the molecule is N#Cc1ccc(-c2ccc(OCC(=O)Nc3ccc(Cl)cc3C(F)(F)F)cc2)cc1. The molecule has 0 bridgehead atoms. The number of amides is 1. The van der Waals surface area contributed by atoms with Crippen molar-refractivity contribution in [2.24, 2.45) is 0 Å². The lowest BCUT2D eigenvalue weighted by atomic mass is 10.0. The molecule has 3 rings (SSSR count). The molecule has 0 heterocycles. The van der Waals surface area contributed by atoms with Crippen LogP contribution in [-0.4, -0.2) is 12.5 Å². The summed E-state index contributed by atoms with van der Waals surface area (Å²) in [5, 5.41) is 10.9. The van der Waals surface area contributed by atoms with Crippen molar-refractivity contribution >= 4 is 23.2 Å². The molecule has 0 aromatic heterocycles. The van der Waals surface area contributed by atoms with E-state index in [9.17, 15) is 18.0 Å². The van der Waals surface area contributed by atoms with Crippen molar-refractivity contribution in [2.75, 3.05) is 11.9 Å². The summed E-state index contributed by atoms with van der Waals surface area (Å²) in [7, 11) is 0. The van der Waals surface area contributed by atoms with E-state index >= 15 is 0 Å². The Kier molecular flexibility index (Phi) is 6.28. The van der Waals surface area contributed by atoms with Crippen molar-refractivity contribution in [2.45, 2.75) is 6.18 Å². The van der Waals surface area contributed by atoms with Gasteiger partial charge in [-0.25, -0.2) is 0 Å². The van der Waals surface area contributed by atoms with E-state index in [0.29, 0.717) is 11.3 Å². The van der Waals surface area contributed by atoms with Crippen LogP contribution < -0.4 is 10.1 Å². The number of hydrogen-bond acceptors (Lipinski definition) is 3. The smallest absolute Gasteiger partial charge is 0.418 e. The van der Waals surface area contributed by atoms with Crippen molar-refractivity contribution in [3.8, 4) is 22.9 Å². The predicted octanol–water partition coefficient (Wildman–Crippen LogP) is 5.91. The lowest BCUT2D eigenvalue weighted by molar-refractivity contribution is -0.137. The van der Waals surface area contributed by atoms with Gasteiger partial charge in [-0.15, -0.1) is 0 Å². The van der Waals surface area contributed by atoms with Gasteiger partial charge in [0.25, 0.3) is 5.91 Å². The van der Waals surface area contributed by atoms with E-state index < -0.39 is 29.9 Å². The molecule has 4 nitrogen and oxygen atoms in total. The monoisotopic (exact) mass is 430 g/mol. The fraction of sp³-hybridized carbons (Fsp3) is 0.0909. The Morgan fingerprint density at radius 2 is 1.60 bits per heavy atom. The van der Waals surface area contributed by atoms with Crippen molar-refractivity contribution in [1.29, 1.82) is 5.26 Å². The Labute approximate surface area is 175 Å². The molecule has 8 heteroatoms. The first-order valence-corrected chi connectivity index (χ1v) is 9.04. The quantitative estimate of drug-likeness (QED) is 0.547. The number of carbonyl (C=O) groups is 1. The molecule has 0 radical (unpaired) electrons. The van der Waals surface area contributed by atoms with Crippen LogP contribution in [0.2, 0.25) is 5.02 Å². The normalized spacial score (nSPS) is 10.9. The third kappa shape index (κ3) is 5.31. The second kappa shape index (κ2) is 8.89. The second-order valence-electron chi connectivity index (χ2n) is 6.24. The van der Waals surface area contributed by atoms with E-state index in [-0.39, 0.29) is 5.02 Å². The van der Waals surface area contributed by atoms with Crippen molar-refractivity contribution in [3.05, 3.63) is 82.9 Å². The molecule has 1 N–H and O–H groups in total. The molecule has 0 saturated carbocycles. The number of nitrogens with one attached hydrogen (secondary N) is 1. The zero-order valence-electron chi connectivity index (χ0n) is 15.3. The van der Waals surface area contributed by atoms with Gasteiger partial charge in [0, 0.05) is 5.02 Å². The highest BCUT2D eigenvalue weighted by atomic mass is 35.5. The molecule has 0 aliphatic rings. The van der Waals surface area contributed by atoms with Crippen molar-refractivity contribution in [3.63, 3.8) is 0 Å². The number of nitrogens with zero attached hydrogens (tertiary/aromatic N) is 1. The lowest BCUT2D eigenvalue weighted by Gasteiger charge is -2.14. The summed E-state index contributed by atoms with van der Waals surface area (Å²) >= 11 is 5.62. The molecule has 30 heavy (non-hydrogen) atoms. The summed E-state index contributed by atoms with van der Waals surface area (Å²) in [5.41, 5.74) is 0.916. The minimum atomic E-state index is -4.66. The Bertz CT molecular complexity index is 1090. The van der Waals surface area contributed by atoms with E-state index in [1.165, 1.54) is 6.07 Å². The first kappa shape index (κ1) is 21.2. The van der Waals surface area contributed by atoms with E-state index in [1.54, 1.807) is 36.4 Å². The van der Waals surface area contributed by atoms with Gasteiger partial charge in [-0.3, -0.25) is 4.79 Å². The Balaban J connectivity index is 1.62. The number of halogens is 4. The third-order valence-electron chi connectivity index (χ3n) is 4.13. The molecular weight excluding hydrogens is 417 g/mol. The molecule has 0 atom stereocenters. The molecule has 0 aliphatic carbocycles. The van der Waals surface area contributed by atoms with Gasteiger partial charge < -0.3 is 10.1 Å². The molecular formula is C22H14ClF3N2O2. The number of alkyl halides is 3. The first-order chi connectivity index (χ1) is 14.3. The van der Waals surface area contributed by atoms with E-state index in [4.69, 9.17) is 21.6 Å². The maximum atomic E-state index is 13.1. The highest BCUT2D eigenvalue weighted by molar-refractivity contribution is 6.30. The van der Waals surface area contributed by atoms with Gasteiger partial charge in [-0.1, -0.05) is 35.9 Å². The zero-order valence-corrected chi connectivity index (χ0v) is 16.1. The van der Waals surface area contributed by atoms with Gasteiger partial charge in [-0.05, 0) is 53.6 Å². The number of rotatable bonds is 5. The zero-order chi connectivity index (χ0) is 21.7. The largest absolute Gasteiger partial charge is 0.484 e. The Morgan fingerprint density at radius 1 is 1.00 bits per heavy atom. The molecule has 0 saturated heterocycles. The average Bonchev–Trinajstić information content (AvgIpc) is 2.73. The van der Waals surface area contributed by atoms with Crippen LogP contribution in [0.5, 0.6) is 5.75 Å². The van der Waals surface area contributed by atoms with E-state index in [2.05, 4.69) is 5.32 Å². The summed E-state index contributed by atoms with van der Waals surface area (Å²) in [4.78, 5) is 12.0. The minimum absolute atomic E-state index is 0.0843. The summed E-state index contributed by atoms with van der Waals surface area (Å²) < 4.78 is 44.6. The number of benzene rings is 3. The van der Waals surface area contributed by atoms with Gasteiger partial charge in [0.15, 0.2) is 6.61 Å². The van der Waals surface area contributed by atoms with E-state index in [0.717, 1.165) is 23.3 Å². The van der Waals surface area contributed by atoms with Crippen LogP contribution in [0.4, 0.5) is 18.9 Å². The fourth-order valence-electron chi connectivity index (χ4n) is 2.68. The predicted molar refractivity (Wildman–Crippen MR) is 107 cm³/mol. The molecule has 3 aromatic carbocycles. The number of anilines is 1. The van der Waals surface area contributed by atoms with Crippen LogP contribution >= 0.6 is 11.6 Å². The van der Waals surface area contributed by atoms with Crippen LogP contribution in [0.1, 0.15) is 11.1 Å².